The number of nitrogens with one attached hydrogen (secondary N) is 1. The maximum atomic E-state index is 5.96. The fraction of sp³-hybridized carbons (Fsp3) is 0.273. The summed E-state index contributed by atoms with van der Waals surface area (Å²) >= 11 is 3.43. The molecule has 158 valence electrons. The molecule has 5 rings (SSSR count). The van der Waals surface area contributed by atoms with Gasteiger partial charge in [-0.3, -0.25) is 9.88 Å². The molecule has 31 heavy (non-hydrogen) atoms. The fourth-order valence-electron chi connectivity index (χ4n) is 3.66. The molecular formula is C22H22BrN7O. The van der Waals surface area contributed by atoms with Crippen LogP contribution in [0.2, 0.25) is 0 Å². The Morgan fingerprint density at radius 2 is 1.84 bits per heavy atom. The second-order valence-corrected chi connectivity index (χ2v) is 8.29. The van der Waals surface area contributed by atoms with Gasteiger partial charge >= 0.3 is 0 Å². The first-order valence-corrected chi connectivity index (χ1v) is 11.0. The Morgan fingerprint density at radius 3 is 2.61 bits per heavy atom. The van der Waals surface area contributed by atoms with E-state index in [0.29, 0.717) is 6.61 Å². The summed E-state index contributed by atoms with van der Waals surface area (Å²) in [5.41, 5.74) is 2.61. The molecule has 1 saturated heterocycles. The van der Waals surface area contributed by atoms with Crippen molar-refractivity contribution in [3.8, 4) is 17.1 Å². The summed E-state index contributed by atoms with van der Waals surface area (Å²) in [5, 5.41) is 0. The van der Waals surface area contributed by atoms with Crippen LogP contribution in [0, 0.1) is 0 Å². The summed E-state index contributed by atoms with van der Waals surface area (Å²) in [7, 11) is 0. The highest BCUT2D eigenvalue weighted by molar-refractivity contribution is 9.10. The molecule has 0 atom stereocenters. The van der Waals surface area contributed by atoms with Crippen molar-refractivity contribution in [3.63, 3.8) is 0 Å². The number of imidazole rings is 1. The van der Waals surface area contributed by atoms with Crippen molar-refractivity contribution in [2.75, 3.05) is 44.2 Å². The molecule has 1 N–H and O–H groups in total. The Hall–Kier alpha value is -3.04. The molecule has 0 radical (unpaired) electrons. The van der Waals surface area contributed by atoms with Crippen molar-refractivity contribution < 1.29 is 4.74 Å². The molecule has 4 aromatic rings. The van der Waals surface area contributed by atoms with Crippen molar-refractivity contribution in [1.29, 1.82) is 0 Å². The molecule has 0 aliphatic carbocycles. The Labute approximate surface area is 188 Å². The number of halogens is 1. The number of fused-ring (bicyclic) bond motifs is 1. The fourth-order valence-corrected chi connectivity index (χ4v) is 3.98. The van der Waals surface area contributed by atoms with Gasteiger partial charge in [-0.2, -0.15) is 0 Å². The van der Waals surface area contributed by atoms with Crippen LogP contribution in [0.4, 0.5) is 5.82 Å². The zero-order chi connectivity index (χ0) is 21.0. The molecule has 4 heterocycles. The van der Waals surface area contributed by atoms with E-state index in [-0.39, 0.29) is 0 Å². The van der Waals surface area contributed by atoms with Gasteiger partial charge in [-0.25, -0.2) is 15.0 Å². The minimum absolute atomic E-state index is 0.660. The quantitative estimate of drug-likeness (QED) is 0.453. The molecule has 0 unspecified atom stereocenters. The third-order valence-corrected chi connectivity index (χ3v) is 5.79. The summed E-state index contributed by atoms with van der Waals surface area (Å²) in [6, 6.07) is 9.95. The van der Waals surface area contributed by atoms with Crippen molar-refractivity contribution in [3.05, 3.63) is 59.6 Å². The maximum Gasteiger partial charge on any atom is 0.157 e. The minimum atomic E-state index is 0.660. The van der Waals surface area contributed by atoms with Gasteiger partial charge in [0.2, 0.25) is 0 Å². The number of aromatic amines is 1. The Morgan fingerprint density at radius 1 is 1.00 bits per heavy atom. The molecule has 1 aromatic carbocycles. The van der Waals surface area contributed by atoms with Gasteiger partial charge in [0.1, 0.15) is 29.5 Å². The van der Waals surface area contributed by atoms with Gasteiger partial charge in [0.15, 0.2) is 5.65 Å². The van der Waals surface area contributed by atoms with Gasteiger partial charge in [-0.05, 0) is 46.3 Å². The third-order valence-electron chi connectivity index (χ3n) is 5.35. The van der Waals surface area contributed by atoms with Crippen molar-refractivity contribution in [2.45, 2.75) is 0 Å². The summed E-state index contributed by atoms with van der Waals surface area (Å²) in [4.78, 5) is 25.4. The van der Waals surface area contributed by atoms with Crippen LogP contribution >= 0.6 is 15.9 Å². The number of ether oxygens (including phenoxy) is 1. The van der Waals surface area contributed by atoms with Gasteiger partial charge in [-0.15, -0.1) is 0 Å². The number of pyridine rings is 1. The summed E-state index contributed by atoms with van der Waals surface area (Å²) in [6.07, 6.45) is 7.03. The van der Waals surface area contributed by atoms with E-state index < -0.39 is 0 Å². The van der Waals surface area contributed by atoms with Crippen LogP contribution in [0.1, 0.15) is 0 Å². The van der Waals surface area contributed by atoms with E-state index in [9.17, 15) is 0 Å². The van der Waals surface area contributed by atoms with E-state index in [1.54, 1.807) is 18.6 Å². The Bertz CT molecular complexity index is 1140. The molecule has 1 aliphatic heterocycles. The van der Waals surface area contributed by atoms with Crippen LogP contribution in [-0.2, 0) is 0 Å². The second-order valence-electron chi connectivity index (χ2n) is 7.37. The lowest BCUT2D eigenvalue weighted by atomic mass is 10.2. The van der Waals surface area contributed by atoms with Crippen LogP contribution in [0.3, 0.4) is 0 Å². The standard InChI is InChI=1S/C22H22BrN7O/c23-17-13-19-22(26-14-17)28-21(27-19)16-1-3-18(4-2-16)31-12-11-29-7-9-30(10-8-29)20-15-24-5-6-25-20/h1-6,13-15H,7-12H2,(H,26,27,28). The van der Waals surface area contributed by atoms with E-state index in [0.717, 1.165) is 71.3 Å². The highest BCUT2D eigenvalue weighted by atomic mass is 79.9. The molecule has 0 bridgehead atoms. The number of hydrogen-bond donors (Lipinski definition) is 1. The van der Waals surface area contributed by atoms with Gasteiger partial charge in [0, 0.05) is 61.4 Å². The average molecular weight is 480 g/mol. The first-order chi connectivity index (χ1) is 15.2. The summed E-state index contributed by atoms with van der Waals surface area (Å²) < 4.78 is 6.87. The lowest BCUT2D eigenvalue weighted by Crippen LogP contribution is -2.47. The van der Waals surface area contributed by atoms with Gasteiger partial charge < -0.3 is 14.6 Å². The number of anilines is 1. The first-order valence-electron chi connectivity index (χ1n) is 10.2. The van der Waals surface area contributed by atoms with E-state index in [1.807, 2.05) is 36.5 Å². The van der Waals surface area contributed by atoms with Crippen molar-refractivity contribution in [1.82, 2.24) is 29.8 Å². The molecule has 0 saturated carbocycles. The number of rotatable bonds is 6. The first kappa shape index (κ1) is 19.9. The van der Waals surface area contributed by atoms with Crippen LogP contribution in [-0.4, -0.2) is 69.2 Å². The topological polar surface area (TPSA) is 83.1 Å². The zero-order valence-electron chi connectivity index (χ0n) is 16.9. The molecule has 1 fully saturated rings. The number of H-pyrrole nitrogens is 1. The average Bonchev–Trinajstić information content (AvgIpc) is 3.24. The highest BCUT2D eigenvalue weighted by Crippen LogP contribution is 2.23. The van der Waals surface area contributed by atoms with Crippen molar-refractivity contribution >= 4 is 32.9 Å². The number of benzene rings is 1. The Kier molecular flexibility index (Phi) is 5.77. The molecule has 8 nitrogen and oxygen atoms in total. The largest absolute Gasteiger partial charge is 0.492 e. The van der Waals surface area contributed by atoms with E-state index in [2.05, 4.69) is 50.6 Å². The number of hydrogen-bond acceptors (Lipinski definition) is 7. The number of piperazine rings is 1. The van der Waals surface area contributed by atoms with Gasteiger partial charge in [-0.1, -0.05) is 0 Å². The lowest BCUT2D eigenvalue weighted by molar-refractivity contribution is 0.200. The van der Waals surface area contributed by atoms with Crippen LogP contribution < -0.4 is 9.64 Å². The van der Waals surface area contributed by atoms with E-state index >= 15 is 0 Å². The lowest BCUT2D eigenvalue weighted by Gasteiger charge is -2.35. The zero-order valence-corrected chi connectivity index (χ0v) is 18.5. The second kappa shape index (κ2) is 8.99. The monoisotopic (exact) mass is 479 g/mol. The smallest absolute Gasteiger partial charge is 0.157 e. The van der Waals surface area contributed by atoms with E-state index in [1.165, 1.54) is 0 Å². The normalized spacial score (nSPS) is 14.8. The van der Waals surface area contributed by atoms with Gasteiger partial charge in [0.05, 0.1) is 6.20 Å². The number of aromatic nitrogens is 5. The molecule has 9 heteroatoms. The molecule has 3 aromatic heterocycles. The van der Waals surface area contributed by atoms with E-state index in [4.69, 9.17) is 4.74 Å². The van der Waals surface area contributed by atoms with Crippen molar-refractivity contribution in [2.24, 2.45) is 0 Å². The molecule has 1 aliphatic rings. The van der Waals surface area contributed by atoms with Crippen LogP contribution in [0.5, 0.6) is 5.75 Å². The number of nitrogens with zero attached hydrogens (tertiary/aromatic N) is 6. The molecule has 0 amide bonds. The Balaban J connectivity index is 1.11. The van der Waals surface area contributed by atoms with Crippen LogP contribution in [0.25, 0.3) is 22.6 Å². The third kappa shape index (κ3) is 4.67. The predicted molar refractivity (Wildman–Crippen MR) is 123 cm³/mol. The summed E-state index contributed by atoms with van der Waals surface area (Å²) in [5.74, 6) is 2.61. The predicted octanol–water partition coefficient (Wildman–Crippen LogP) is 3.38. The van der Waals surface area contributed by atoms with Crippen LogP contribution in [0.15, 0.2) is 59.6 Å². The molecule has 0 spiro atoms. The summed E-state index contributed by atoms with van der Waals surface area (Å²) in [6.45, 7) is 5.46. The highest BCUT2D eigenvalue weighted by Gasteiger charge is 2.17. The maximum absolute atomic E-state index is 5.96. The molecular weight excluding hydrogens is 458 g/mol. The van der Waals surface area contributed by atoms with Gasteiger partial charge in [0.25, 0.3) is 0 Å². The minimum Gasteiger partial charge on any atom is -0.492 e. The SMILES string of the molecule is Brc1cnc2[nH]c(-c3ccc(OCCN4CCN(c5cnccn5)CC4)cc3)nc2c1.